The minimum Gasteiger partial charge on any atom is -0.484 e. The van der Waals surface area contributed by atoms with Gasteiger partial charge in [0.1, 0.15) is 11.8 Å². The Kier molecular flexibility index (Phi) is 10.1. The van der Waals surface area contributed by atoms with Crippen molar-refractivity contribution in [3.05, 3.63) is 101 Å². The predicted octanol–water partition coefficient (Wildman–Crippen LogP) is 5.49. The SMILES string of the molecule is CCc1ccc(OCC(=O)N(Cc2cccc(C)c2)C(Cc2ccccc2)C(=O)NC(C)CC)cc1. The number of nitrogens with zero attached hydrogens (tertiary/aromatic N) is 1. The Hall–Kier alpha value is -3.60. The third kappa shape index (κ3) is 7.98. The molecule has 0 radical (unpaired) electrons. The molecule has 36 heavy (non-hydrogen) atoms. The van der Waals surface area contributed by atoms with Crippen LogP contribution in [0.2, 0.25) is 0 Å². The van der Waals surface area contributed by atoms with Crippen molar-refractivity contribution in [1.82, 2.24) is 10.2 Å². The molecule has 0 saturated heterocycles. The third-order valence-corrected chi connectivity index (χ3v) is 6.40. The first-order valence-electron chi connectivity index (χ1n) is 12.8. The van der Waals surface area contributed by atoms with Crippen molar-refractivity contribution in [2.75, 3.05) is 6.61 Å². The Bertz CT molecular complexity index is 1110. The van der Waals surface area contributed by atoms with Crippen molar-refractivity contribution in [1.29, 1.82) is 0 Å². The minimum atomic E-state index is -0.666. The van der Waals surface area contributed by atoms with E-state index in [-0.39, 0.29) is 24.5 Å². The maximum Gasteiger partial charge on any atom is 0.261 e. The zero-order valence-corrected chi connectivity index (χ0v) is 21.9. The monoisotopic (exact) mass is 486 g/mol. The molecule has 190 valence electrons. The molecule has 5 heteroatoms. The summed E-state index contributed by atoms with van der Waals surface area (Å²) < 4.78 is 5.87. The van der Waals surface area contributed by atoms with Crippen molar-refractivity contribution in [3.63, 3.8) is 0 Å². The number of carbonyl (C=O) groups excluding carboxylic acids is 2. The second kappa shape index (κ2) is 13.5. The topological polar surface area (TPSA) is 58.6 Å². The van der Waals surface area contributed by atoms with E-state index in [1.54, 1.807) is 4.90 Å². The molecule has 0 bridgehead atoms. The van der Waals surface area contributed by atoms with Gasteiger partial charge in [0.25, 0.3) is 5.91 Å². The number of ether oxygens (including phenoxy) is 1. The highest BCUT2D eigenvalue weighted by molar-refractivity contribution is 5.88. The van der Waals surface area contributed by atoms with Gasteiger partial charge in [-0.1, -0.05) is 86.1 Å². The first-order chi connectivity index (χ1) is 17.4. The molecule has 0 heterocycles. The van der Waals surface area contributed by atoms with Crippen LogP contribution in [0, 0.1) is 6.92 Å². The molecule has 3 rings (SSSR count). The van der Waals surface area contributed by atoms with Gasteiger partial charge in [-0.3, -0.25) is 9.59 Å². The smallest absolute Gasteiger partial charge is 0.261 e. The first kappa shape index (κ1) is 27.0. The lowest BCUT2D eigenvalue weighted by atomic mass is 10.0. The molecule has 0 spiro atoms. The zero-order chi connectivity index (χ0) is 25.9. The van der Waals surface area contributed by atoms with Crippen LogP contribution in [0.15, 0.2) is 78.9 Å². The van der Waals surface area contributed by atoms with Gasteiger partial charge < -0.3 is 15.0 Å². The van der Waals surface area contributed by atoms with Crippen molar-refractivity contribution >= 4 is 11.8 Å². The molecular formula is C31H38N2O3. The van der Waals surface area contributed by atoms with Crippen LogP contribution in [-0.2, 0) is 29.0 Å². The van der Waals surface area contributed by atoms with Crippen molar-refractivity contribution < 1.29 is 14.3 Å². The summed E-state index contributed by atoms with van der Waals surface area (Å²) in [6, 6.07) is 25.0. The quantitative estimate of drug-likeness (QED) is 0.368. The van der Waals surface area contributed by atoms with Crippen molar-refractivity contribution in [3.8, 4) is 5.75 Å². The van der Waals surface area contributed by atoms with Gasteiger partial charge in [-0.2, -0.15) is 0 Å². The molecule has 2 unspecified atom stereocenters. The third-order valence-electron chi connectivity index (χ3n) is 6.40. The highest BCUT2D eigenvalue weighted by Gasteiger charge is 2.31. The van der Waals surface area contributed by atoms with E-state index in [1.807, 2.05) is 93.6 Å². The molecule has 0 saturated carbocycles. The van der Waals surface area contributed by atoms with Gasteiger partial charge in [0, 0.05) is 19.0 Å². The van der Waals surface area contributed by atoms with Crippen LogP contribution in [0.5, 0.6) is 5.75 Å². The molecule has 0 aliphatic heterocycles. The second-order valence-electron chi connectivity index (χ2n) is 9.32. The van der Waals surface area contributed by atoms with Crippen LogP contribution in [0.25, 0.3) is 0 Å². The average Bonchev–Trinajstić information content (AvgIpc) is 2.90. The average molecular weight is 487 g/mol. The van der Waals surface area contributed by atoms with Gasteiger partial charge >= 0.3 is 0 Å². The van der Waals surface area contributed by atoms with E-state index in [4.69, 9.17) is 4.74 Å². The Balaban J connectivity index is 1.89. The maximum atomic E-state index is 13.6. The van der Waals surface area contributed by atoms with Crippen LogP contribution >= 0.6 is 0 Å². The Labute approximate surface area is 215 Å². The number of hydrogen-bond acceptors (Lipinski definition) is 3. The van der Waals surface area contributed by atoms with Gasteiger partial charge in [-0.25, -0.2) is 0 Å². The Morgan fingerprint density at radius 2 is 1.58 bits per heavy atom. The summed E-state index contributed by atoms with van der Waals surface area (Å²) >= 11 is 0. The highest BCUT2D eigenvalue weighted by Crippen LogP contribution is 2.18. The lowest BCUT2D eigenvalue weighted by Crippen LogP contribution is -2.53. The van der Waals surface area contributed by atoms with Gasteiger partial charge in [-0.15, -0.1) is 0 Å². The zero-order valence-electron chi connectivity index (χ0n) is 21.9. The molecule has 3 aromatic carbocycles. The summed E-state index contributed by atoms with van der Waals surface area (Å²) in [5.41, 5.74) is 4.29. The molecule has 2 atom stereocenters. The number of aryl methyl sites for hydroxylation is 2. The molecule has 3 aromatic rings. The summed E-state index contributed by atoms with van der Waals surface area (Å²) in [6.45, 7) is 8.32. The van der Waals surface area contributed by atoms with E-state index in [2.05, 4.69) is 18.3 Å². The van der Waals surface area contributed by atoms with Gasteiger partial charge in [0.05, 0.1) is 0 Å². The second-order valence-corrected chi connectivity index (χ2v) is 9.32. The van der Waals surface area contributed by atoms with Crippen LogP contribution in [0.4, 0.5) is 0 Å². The maximum absolute atomic E-state index is 13.6. The fourth-order valence-corrected chi connectivity index (χ4v) is 4.05. The highest BCUT2D eigenvalue weighted by atomic mass is 16.5. The summed E-state index contributed by atoms with van der Waals surface area (Å²) in [6.07, 6.45) is 2.17. The molecule has 0 aliphatic rings. The van der Waals surface area contributed by atoms with Crippen LogP contribution in [0.3, 0.4) is 0 Å². The number of rotatable bonds is 12. The molecule has 0 aliphatic carbocycles. The fourth-order valence-electron chi connectivity index (χ4n) is 4.05. The number of carbonyl (C=O) groups is 2. The van der Waals surface area contributed by atoms with Gasteiger partial charge in [0.2, 0.25) is 5.91 Å². The minimum absolute atomic E-state index is 0.0139. The van der Waals surface area contributed by atoms with E-state index < -0.39 is 6.04 Å². The van der Waals surface area contributed by atoms with E-state index in [0.29, 0.717) is 18.7 Å². The Morgan fingerprint density at radius 1 is 0.889 bits per heavy atom. The van der Waals surface area contributed by atoms with E-state index in [9.17, 15) is 9.59 Å². The predicted molar refractivity (Wildman–Crippen MR) is 145 cm³/mol. The molecule has 1 N–H and O–H groups in total. The largest absolute Gasteiger partial charge is 0.484 e. The lowest BCUT2D eigenvalue weighted by Gasteiger charge is -2.32. The molecule has 2 amide bonds. The normalized spacial score (nSPS) is 12.4. The van der Waals surface area contributed by atoms with Crippen LogP contribution in [-0.4, -0.2) is 35.4 Å². The number of amides is 2. The summed E-state index contributed by atoms with van der Waals surface area (Å²) in [7, 11) is 0. The van der Waals surface area contributed by atoms with Gasteiger partial charge in [-0.05, 0) is 55.5 Å². The first-order valence-corrected chi connectivity index (χ1v) is 12.8. The Morgan fingerprint density at radius 3 is 2.22 bits per heavy atom. The van der Waals surface area contributed by atoms with E-state index in [0.717, 1.165) is 29.5 Å². The molecule has 0 fully saturated rings. The summed E-state index contributed by atoms with van der Waals surface area (Å²) in [5, 5.41) is 3.10. The van der Waals surface area contributed by atoms with Crippen LogP contribution < -0.4 is 10.1 Å². The van der Waals surface area contributed by atoms with Gasteiger partial charge in [0.15, 0.2) is 6.61 Å². The fraction of sp³-hybridized carbons (Fsp3) is 0.355. The molecule has 5 nitrogen and oxygen atoms in total. The summed E-state index contributed by atoms with van der Waals surface area (Å²) in [5.74, 6) is 0.262. The molecular weight excluding hydrogens is 448 g/mol. The number of benzene rings is 3. The standard InChI is InChI=1S/C31H38N2O3/c1-5-24(4)32-31(35)29(20-26-12-8-7-9-13-26)33(21-27-14-10-11-23(3)19-27)30(34)22-36-28-17-15-25(6-2)16-18-28/h7-19,24,29H,5-6,20-22H2,1-4H3,(H,32,35). The van der Waals surface area contributed by atoms with E-state index >= 15 is 0 Å². The van der Waals surface area contributed by atoms with Crippen molar-refractivity contribution in [2.45, 2.75) is 65.6 Å². The van der Waals surface area contributed by atoms with Crippen LogP contribution in [0.1, 0.15) is 49.4 Å². The van der Waals surface area contributed by atoms with E-state index in [1.165, 1.54) is 5.56 Å². The lowest BCUT2D eigenvalue weighted by molar-refractivity contribution is -0.143. The number of hydrogen-bond donors (Lipinski definition) is 1. The number of nitrogens with one attached hydrogen (secondary N) is 1. The summed E-state index contributed by atoms with van der Waals surface area (Å²) in [4.78, 5) is 28.8. The molecule has 0 aromatic heterocycles. The van der Waals surface area contributed by atoms with Crippen molar-refractivity contribution in [2.24, 2.45) is 0 Å².